The zero-order valence-corrected chi connectivity index (χ0v) is 26.9. The van der Waals surface area contributed by atoms with Crippen LogP contribution in [0.15, 0.2) is 115 Å². The van der Waals surface area contributed by atoms with Crippen LogP contribution in [-0.4, -0.2) is 38.6 Å². The Morgan fingerprint density at radius 2 is 1.51 bits per heavy atom. The Morgan fingerprint density at radius 1 is 0.816 bits per heavy atom. The lowest BCUT2D eigenvalue weighted by Crippen LogP contribution is -2.53. The van der Waals surface area contributed by atoms with Crippen molar-refractivity contribution in [2.45, 2.75) is 30.7 Å². The van der Waals surface area contributed by atoms with E-state index in [4.69, 9.17) is 11.6 Å². The summed E-state index contributed by atoms with van der Waals surface area (Å²) in [6, 6.07) is 28.1. The van der Waals surface area contributed by atoms with Crippen LogP contribution in [-0.2, 0) is 31.1 Å². The second kappa shape index (κ2) is 11.7. The highest BCUT2D eigenvalue weighted by Gasteiger charge is 2.70. The fourth-order valence-electron chi connectivity index (χ4n) is 8.68. The van der Waals surface area contributed by atoms with Gasteiger partial charge in [0.2, 0.25) is 11.8 Å². The highest BCUT2D eigenvalue weighted by atomic mass is 35.5. The van der Waals surface area contributed by atoms with E-state index < -0.39 is 52.6 Å². The first kappa shape index (κ1) is 31.0. The van der Waals surface area contributed by atoms with Gasteiger partial charge in [-0.3, -0.25) is 29.5 Å². The van der Waals surface area contributed by atoms with Crippen molar-refractivity contribution in [1.82, 2.24) is 9.91 Å². The molecule has 4 aliphatic rings. The van der Waals surface area contributed by atoms with Crippen molar-refractivity contribution < 1.29 is 28.7 Å². The van der Waals surface area contributed by atoms with Crippen LogP contribution in [0.3, 0.4) is 0 Å². The number of carbonyl (C=O) groups is 4. The highest BCUT2D eigenvalue weighted by molar-refractivity contribution is 6.30. The molecule has 6 atom stereocenters. The molecule has 4 aromatic rings. The summed E-state index contributed by atoms with van der Waals surface area (Å²) in [5.74, 6) is -5.44. The van der Waals surface area contributed by atoms with Gasteiger partial charge in [0.05, 0.1) is 35.4 Å². The number of halogens is 2. The van der Waals surface area contributed by atoms with Gasteiger partial charge in [-0.25, -0.2) is 4.39 Å². The van der Waals surface area contributed by atoms with E-state index in [1.54, 1.807) is 36.4 Å². The number of anilines is 1. The molecule has 0 bridgehead atoms. The van der Waals surface area contributed by atoms with Crippen LogP contribution in [0.2, 0.25) is 5.02 Å². The number of imide groups is 2. The first-order valence-electron chi connectivity index (χ1n) is 16.2. The van der Waals surface area contributed by atoms with Crippen molar-refractivity contribution >= 4 is 40.9 Å². The Balaban J connectivity index is 1.29. The molecule has 2 aliphatic carbocycles. The molecule has 0 spiro atoms. The molecule has 1 saturated carbocycles. The smallest absolute Gasteiger partial charge is 0.260 e. The number of hydrazine groups is 1. The lowest BCUT2D eigenvalue weighted by Gasteiger charge is -2.50. The number of hydrogen-bond acceptors (Lipinski definition) is 6. The van der Waals surface area contributed by atoms with Gasteiger partial charge in [0, 0.05) is 10.9 Å². The molecule has 2 saturated heterocycles. The van der Waals surface area contributed by atoms with E-state index in [-0.39, 0.29) is 30.5 Å². The molecule has 49 heavy (non-hydrogen) atoms. The SMILES string of the molecule is O=C1[C@H]2[C@H](CC=C3[C@H]2C[C@H]2C(=O)N(Nc4ccc(F)cc4)C(=O)[C@@]2(c2ccc(Cl)cc2)[C@H]3c2ccc(O)cc2)C(=O)N1Cc1ccccc1. The van der Waals surface area contributed by atoms with Crippen LogP contribution in [0.25, 0.3) is 0 Å². The normalized spacial score (nSPS) is 27.5. The van der Waals surface area contributed by atoms with E-state index >= 15 is 4.79 Å². The Morgan fingerprint density at radius 3 is 2.20 bits per heavy atom. The molecular formula is C39H31ClFN3O5. The minimum atomic E-state index is -1.48. The standard InChI is InChI=1S/C39H31ClFN3O5/c40-25-10-8-24(9-11-25)39-32(36(47)44(38(39)49)42-27-14-12-26(41)13-15-27)20-31-29(34(39)23-6-16-28(45)17-7-23)18-19-30-33(31)37(48)43(35(30)46)21-22-4-2-1-3-5-22/h1-18,30-34,42,45H,19-21H2/t30-,31+,32-,33-,34-,39+/m0/s1. The largest absolute Gasteiger partial charge is 0.508 e. The first-order valence-corrected chi connectivity index (χ1v) is 16.6. The number of hydrogen-bond donors (Lipinski definition) is 2. The van der Waals surface area contributed by atoms with Crippen LogP contribution in [0, 0.1) is 29.5 Å². The molecule has 2 aliphatic heterocycles. The van der Waals surface area contributed by atoms with Gasteiger partial charge in [0.15, 0.2) is 0 Å². The average molecular weight is 676 g/mol. The van der Waals surface area contributed by atoms with E-state index in [1.165, 1.54) is 41.3 Å². The number of amides is 4. The molecule has 246 valence electrons. The quantitative estimate of drug-likeness (QED) is 0.182. The Kier molecular flexibility index (Phi) is 7.41. The summed E-state index contributed by atoms with van der Waals surface area (Å²) in [5.41, 5.74) is 4.71. The number of nitrogens with zero attached hydrogens (tertiary/aromatic N) is 2. The minimum Gasteiger partial charge on any atom is -0.508 e. The molecule has 4 amide bonds. The van der Waals surface area contributed by atoms with Crippen molar-refractivity contribution in [3.8, 4) is 5.75 Å². The second-order valence-corrected chi connectivity index (χ2v) is 13.6. The topological polar surface area (TPSA) is 107 Å². The van der Waals surface area contributed by atoms with Crippen LogP contribution < -0.4 is 5.43 Å². The van der Waals surface area contributed by atoms with Gasteiger partial charge in [-0.2, -0.15) is 5.01 Å². The Labute approximate surface area is 286 Å². The van der Waals surface area contributed by atoms with E-state index in [9.17, 15) is 23.9 Å². The van der Waals surface area contributed by atoms with Crippen molar-refractivity contribution in [2.24, 2.45) is 23.7 Å². The van der Waals surface area contributed by atoms with E-state index in [0.717, 1.165) is 16.1 Å². The molecule has 3 fully saturated rings. The molecule has 2 N–H and O–H groups in total. The number of fused-ring (bicyclic) bond motifs is 4. The number of benzene rings is 4. The fraction of sp³-hybridized carbons (Fsp3) is 0.231. The van der Waals surface area contributed by atoms with Gasteiger partial charge < -0.3 is 5.11 Å². The van der Waals surface area contributed by atoms with Gasteiger partial charge in [0.25, 0.3) is 11.8 Å². The van der Waals surface area contributed by atoms with Gasteiger partial charge in [-0.15, -0.1) is 0 Å². The van der Waals surface area contributed by atoms with Gasteiger partial charge in [-0.05, 0) is 84.0 Å². The van der Waals surface area contributed by atoms with Gasteiger partial charge in [-0.1, -0.05) is 77.8 Å². The Bertz CT molecular complexity index is 2020. The van der Waals surface area contributed by atoms with E-state index in [1.807, 2.05) is 36.4 Å². The molecule has 4 aromatic carbocycles. The average Bonchev–Trinajstić information content (AvgIpc) is 3.47. The zero-order valence-electron chi connectivity index (χ0n) is 26.1. The van der Waals surface area contributed by atoms with E-state index in [2.05, 4.69) is 5.43 Å². The maximum Gasteiger partial charge on any atom is 0.260 e. The molecule has 2 heterocycles. The number of carbonyl (C=O) groups excluding carboxylic acids is 4. The third-order valence-electron chi connectivity index (χ3n) is 10.8. The summed E-state index contributed by atoms with van der Waals surface area (Å²) in [6.45, 7) is 0.153. The van der Waals surface area contributed by atoms with Crippen molar-refractivity contribution in [3.63, 3.8) is 0 Å². The van der Waals surface area contributed by atoms with Crippen molar-refractivity contribution in [2.75, 3.05) is 5.43 Å². The molecule has 8 rings (SSSR count). The summed E-state index contributed by atoms with van der Waals surface area (Å²) >= 11 is 6.33. The lowest BCUT2D eigenvalue weighted by molar-refractivity contribution is -0.142. The maximum atomic E-state index is 15.1. The van der Waals surface area contributed by atoms with Crippen LogP contribution >= 0.6 is 11.6 Å². The Hall–Kier alpha value is -5.28. The number of aromatic hydroxyl groups is 1. The summed E-state index contributed by atoms with van der Waals surface area (Å²) < 4.78 is 13.8. The molecule has 10 heteroatoms. The monoisotopic (exact) mass is 675 g/mol. The molecule has 0 radical (unpaired) electrons. The molecule has 8 nitrogen and oxygen atoms in total. The summed E-state index contributed by atoms with van der Waals surface area (Å²) in [6.07, 6.45) is 2.44. The number of rotatable bonds is 6. The van der Waals surface area contributed by atoms with Gasteiger partial charge in [0.1, 0.15) is 11.6 Å². The van der Waals surface area contributed by atoms with Crippen LogP contribution in [0.1, 0.15) is 35.4 Å². The summed E-state index contributed by atoms with van der Waals surface area (Å²) in [7, 11) is 0. The predicted octanol–water partition coefficient (Wildman–Crippen LogP) is 6.37. The second-order valence-electron chi connectivity index (χ2n) is 13.2. The first-order chi connectivity index (χ1) is 23.7. The van der Waals surface area contributed by atoms with Gasteiger partial charge >= 0.3 is 0 Å². The summed E-state index contributed by atoms with van der Waals surface area (Å²) in [5, 5.41) is 11.7. The maximum absolute atomic E-state index is 15.1. The molecule has 0 unspecified atom stereocenters. The van der Waals surface area contributed by atoms with Crippen LogP contribution in [0.4, 0.5) is 10.1 Å². The van der Waals surface area contributed by atoms with E-state index in [0.29, 0.717) is 28.3 Å². The third kappa shape index (κ3) is 4.78. The van der Waals surface area contributed by atoms with Crippen molar-refractivity contribution in [1.29, 1.82) is 0 Å². The number of nitrogens with one attached hydrogen (secondary N) is 1. The number of phenols is 1. The number of phenolic OH excluding ortho intramolecular Hbond substituents is 1. The molecular weight excluding hydrogens is 645 g/mol. The summed E-state index contributed by atoms with van der Waals surface area (Å²) in [4.78, 5) is 59.2. The fourth-order valence-corrected chi connectivity index (χ4v) is 8.81. The van der Waals surface area contributed by atoms with Crippen LogP contribution in [0.5, 0.6) is 5.75 Å². The lowest BCUT2D eigenvalue weighted by atomic mass is 9.49. The predicted molar refractivity (Wildman–Crippen MR) is 179 cm³/mol. The highest BCUT2D eigenvalue weighted by Crippen LogP contribution is 2.64. The molecule has 0 aromatic heterocycles. The number of allylic oxidation sites excluding steroid dienone is 2. The van der Waals surface area contributed by atoms with Crippen molar-refractivity contribution in [3.05, 3.63) is 142 Å². The minimum absolute atomic E-state index is 0.0347. The third-order valence-corrected chi connectivity index (χ3v) is 11.0. The number of likely N-dealkylation sites (tertiary alicyclic amines) is 1. The zero-order chi connectivity index (χ0) is 34.0.